The highest BCUT2D eigenvalue weighted by Gasteiger charge is 2.18. The van der Waals surface area contributed by atoms with Crippen molar-refractivity contribution >= 4 is 21.7 Å². The fourth-order valence-corrected chi connectivity index (χ4v) is 2.05. The third-order valence-electron chi connectivity index (χ3n) is 2.82. The monoisotopic (exact) mass is 338 g/mol. The molecule has 0 aliphatic rings. The van der Waals surface area contributed by atoms with E-state index in [2.05, 4.69) is 15.9 Å². The Morgan fingerprint density at radius 1 is 1.05 bits per heavy atom. The second-order valence-corrected chi connectivity index (χ2v) is 4.94. The van der Waals surface area contributed by atoms with Crippen molar-refractivity contribution in [1.82, 2.24) is 0 Å². The molecule has 20 heavy (non-hydrogen) atoms. The van der Waals surface area contributed by atoms with E-state index in [4.69, 9.17) is 9.47 Å². The van der Waals surface area contributed by atoms with Crippen molar-refractivity contribution in [3.05, 3.63) is 57.8 Å². The lowest BCUT2D eigenvalue weighted by Gasteiger charge is -2.10. The SMILES string of the molecule is COc1cc(F)c(C(=O)c2ccc(Br)cc2)cc1OC. The first-order valence-electron chi connectivity index (χ1n) is 5.78. The number of ether oxygens (including phenoxy) is 2. The minimum absolute atomic E-state index is 0.0510. The fraction of sp³-hybridized carbons (Fsp3) is 0.133. The molecule has 2 rings (SSSR count). The van der Waals surface area contributed by atoms with Crippen molar-refractivity contribution in [1.29, 1.82) is 0 Å². The zero-order valence-corrected chi connectivity index (χ0v) is 12.5. The van der Waals surface area contributed by atoms with E-state index >= 15 is 0 Å². The van der Waals surface area contributed by atoms with Crippen molar-refractivity contribution in [3.8, 4) is 11.5 Å². The van der Waals surface area contributed by atoms with Gasteiger partial charge in [-0.3, -0.25) is 4.79 Å². The van der Waals surface area contributed by atoms with Crippen LogP contribution in [0, 0.1) is 5.82 Å². The Bertz CT molecular complexity index is 638. The maximum absolute atomic E-state index is 14.0. The summed E-state index contributed by atoms with van der Waals surface area (Å²) < 4.78 is 24.9. The number of halogens is 2. The summed E-state index contributed by atoms with van der Waals surface area (Å²) in [5.74, 6) is -0.488. The van der Waals surface area contributed by atoms with E-state index in [1.807, 2.05) is 0 Å². The van der Waals surface area contributed by atoms with E-state index in [0.717, 1.165) is 10.5 Å². The van der Waals surface area contributed by atoms with E-state index in [0.29, 0.717) is 11.3 Å². The summed E-state index contributed by atoms with van der Waals surface area (Å²) in [5, 5.41) is 0. The van der Waals surface area contributed by atoms with Gasteiger partial charge in [0.25, 0.3) is 0 Å². The molecule has 104 valence electrons. The lowest BCUT2D eigenvalue weighted by molar-refractivity contribution is 0.103. The van der Waals surface area contributed by atoms with Crippen LogP contribution < -0.4 is 9.47 Å². The Morgan fingerprint density at radius 2 is 1.60 bits per heavy atom. The van der Waals surface area contributed by atoms with Crippen LogP contribution in [0.4, 0.5) is 4.39 Å². The van der Waals surface area contributed by atoms with Crippen LogP contribution in [0.25, 0.3) is 0 Å². The Kier molecular flexibility index (Phi) is 4.39. The summed E-state index contributed by atoms with van der Waals surface area (Å²) in [4.78, 5) is 12.3. The molecule has 0 radical (unpaired) electrons. The topological polar surface area (TPSA) is 35.5 Å². The maximum Gasteiger partial charge on any atom is 0.196 e. The Labute approximate surface area is 124 Å². The molecule has 5 heteroatoms. The van der Waals surface area contributed by atoms with Gasteiger partial charge in [-0.25, -0.2) is 4.39 Å². The van der Waals surface area contributed by atoms with Gasteiger partial charge in [-0.1, -0.05) is 15.9 Å². The zero-order valence-electron chi connectivity index (χ0n) is 10.9. The van der Waals surface area contributed by atoms with E-state index in [-0.39, 0.29) is 11.3 Å². The minimum atomic E-state index is -0.643. The summed E-state index contributed by atoms with van der Waals surface area (Å²) in [5.41, 5.74) is 0.351. The number of carbonyl (C=O) groups excluding carboxylic acids is 1. The molecule has 0 aliphatic carbocycles. The molecule has 0 aliphatic heterocycles. The largest absolute Gasteiger partial charge is 0.493 e. The third-order valence-corrected chi connectivity index (χ3v) is 3.35. The number of methoxy groups -OCH3 is 2. The van der Waals surface area contributed by atoms with Gasteiger partial charge in [-0.15, -0.1) is 0 Å². The lowest BCUT2D eigenvalue weighted by atomic mass is 10.0. The normalized spacial score (nSPS) is 10.2. The first-order chi connectivity index (χ1) is 9.56. The van der Waals surface area contributed by atoms with Crippen LogP contribution in [0.1, 0.15) is 15.9 Å². The van der Waals surface area contributed by atoms with E-state index in [9.17, 15) is 9.18 Å². The van der Waals surface area contributed by atoms with Crippen LogP contribution in [0.5, 0.6) is 11.5 Å². The number of benzene rings is 2. The van der Waals surface area contributed by atoms with Crippen molar-refractivity contribution in [2.24, 2.45) is 0 Å². The third kappa shape index (κ3) is 2.82. The highest BCUT2D eigenvalue weighted by atomic mass is 79.9. The van der Waals surface area contributed by atoms with Crippen LogP contribution in [0.3, 0.4) is 0 Å². The van der Waals surface area contributed by atoms with Crippen molar-refractivity contribution < 1.29 is 18.7 Å². The first-order valence-corrected chi connectivity index (χ1v) is 6.58. The molecule has 0 saturated heterocycles. The van der Waals surface area contributed by atoms with E-state index in [1.54, 1.807) is 24.3 Å². The standard InChI is InChI=1S/C15H12BrFO3/c1-19-13-7-11(12(17)8-14(13)20-2)15(18)9-3-5-10(16)6-4-9/h3-8H,1-2H3. The lowest BCUT2D eigenvalue weighted by Crippen LogP contribution is -2.05. The van der Waals surface area contributed by atoms with E-state index in [1.165, 1.54) is 20.3 Å². The molecule has 0 atom stereocenters. The molecule has 0 unspecified atom stereocenters. The highest BCUT2D eigenvalue weighted by Crippen LogP contribution is 2.31. The van der Waals surface area contributed by atoms with Crippen molar-refractivity contribution in [2.45, 2.75) is 0 Å². The van der Waals surface area contributed by atoms with Gasteiger partial charge in [0.05, 0.1) is 19.8 Å². The number of ketones is 1. The molecule has 0 heterocycles. The van der Waals surface area contributed by atoms with Gasteiger partial charge < -0.3 is 9.47 Å². The van der Waals surface area contributed by atoms with Crippen LogP contribution in [-0.4, -0.2) is 20.0 Å². The maximum atomic E-state index is 14.0. The number of hydrogen-bond acceptors (Lipinski definition) is 3. The van der Waals surface area contributed by atoms with Gasteiger partial charge in [0, 0.05) is 16.1 Å². The summed E-state index contributed by atoms with van der Waals surface area (Å²) in [6.07, 6.45) is 0. The number of hydrogen-bond donors (Lipinski definition) is 0. The molecule has 0 bridgehead atoms. The zero-order chi connectivity index (χ0) is 14.7. The van der Waals surface area contributed by atoms with Crippen molar-refractivity contribution in [3.63, 3.8) is 0 Å². The second-order valence-electron chi connectivity index (χ2n) is 4.02. The molecule has 0 saturated carbocycles. The van der Waals surface area contributed by atoms with Crippen LogP contribution in [-0.2, 0) is 0 Å². The van der Waals surface area contributed by atoms with Crippen LogP contribution >= 0.6 is 15.9 Å². The molecule has 2 aromatic rings. The average Bonchev–Trinajstić information content (AvgIpc) is 2.47. The highest BCUT2D eigenvalue weighted by molar-refractivity contribution is 9.10. The molecule has 0 amide bonds. The fourth-order valence-electron chi connectivity index (χ4n) is 1.78. The Hall–Kier alpha value is -1.88. The number of rotatable bonds is 4. The van der Waals surface area contributed by atoms with Gasteiger partial charge >= 0.3 is 0 Å². The molecule has 0 aromatic heterocycles. The Balaban J connectivity index is 2.46. The summed E-state index contributed by atoms with van der Waals surface area (Å²) >= 11 is 3.29. The molecular weight excluding hydrogens is 327 g/mol. The average molecular weight is 339 g/mol. The van der Waals surface area contributed by atoms with Crippen LogP contribution in [0.2, 0.25) is 0 Å². The summed E-state index contributed by atoms with van der Waals surface area (Å²) in [6.45, 7) is 0. The van der Waals surface area contributed by atoms with Gasteiger partial charge in [0.2, 0.25) is 0 Å². The molecule has 0 fully saturated rings. The van der Waals surface area contributed by atoms with Gasteiger partial charge in [0.1, 0.15) is 5.82 Å². The van der Waals surface area contributed by atoms with Crippen LogP contribution in [0.15, 0.2) is 40.9 Å². The summed E-state index contributed by atoms with van der Waals surface area (Å²) in [7, 11) is 2.84. The minimum Gasteiger partial charge on any atom is -0.493 e. The Morgan fingerprint density at radius 3 is 2.15 bits per heavy atom. The molecule has 0 N–H and O–H groups in total. The first kappa shape index (κ1) is 14.5. The molecule has 0 spiro atoms. The predicted octanol–water partition coefficient (Wildman–Crippen LogP) is 3.84. The molecule has 2 aromatic carbocycles. The number of carbonyl (C=O) groups is 1. The van der Waals surface area contributed by atoms with Gasteiger partial charge in [-0.2, -0.15) is 0 Å². The van der Waals surface area contributed by atoms with Crippen molar-refractivity contribution in [2.75, 3.05) is 14.2 Å². The van der Waals surface area contributed by atoms with E-state index < -0.39 is 11.6 Å². The quantitative estimate of drug-likeness (QED) is 0.794. The second kappa shape index (κ2) is 6.05. The molecular formula is C15H12BrFO3. The van der Waals surface area contributed by atoms with Gasteiger partial charge in [0.15, 0.2) is 17.3 Å². The smallest absolute Gasteiger partial charge is 0.196 e. The summed E-state index contributed by atoms with van der Waals surface area (Å²) in [6, 6.07) is 9.20. The van der Waals surface area contributed by atoms with Gasteiger partial charge in [-0.05, 0) is 30.3 Å². The molecule has 3 nitrogen and oxygen atoms in total. The predicted molar refractivity (Wildman–Crippen MR) is 77.1 cm³/mol.